The second-order valence-electron chi connectivity index (χ2n) is 9.25. The number of carboxylic acid groups (broad SMARTS) is 1. The van der Waals surface area contributed by atoms with Crippen molar-refractivity contribution in [2.75, 3.05) is 37.2 Å². The minimum absolute atomic E-state index is 0.103. The average Bonchev–Trinajstić information content (AvgIpc) is 2.85. The first-order chi connectivity index (χ1) is 17.6. The molecule has 2 amide bonds. The van der Waals surface area contributed by atoms with Crippen molar-refractivity contribution in [1.29, 1.82) is 0 Å². The van der Waals surface area contributed by atoms with Crippen LogP contribution >= 0.6 is 0 Å². The summed E-state index contributed by atoms with van der Waals surface area (Å²) in [6.45, 7) is 4.83. The molecule has 1 aliphatic heterocycles. The quantitative estimate of drug-likeness (QED) is 0.380. The molecule has 202 valence electrons. The van der Waals surface area contributed by atoms with Gasteiger partial charge in [0.25, 0.3) is 0 Å². The highest BCUT2D eigenvalue weighted by Crippen LogP contribution is 2.25. The first-order valence-corrected chi connectivity index (χ1v) is 14.4. The summed E-state index contributed by atoms with van der Waals surface area (Å²) in [4.78, 5) is 27.5. The first-order valence-electron chi connectivity index (χ1n) is 12.5. The Morgan fingerprint density at radius 3 is 2.19 bits per heavy atom. The van der Waals surface area contributed by atoms with E-state index in [0.29, 0.717) is 23.7 Å². The number of carbonyl (C=O) groups excluding carboxylic acids is 1. The highest BCUT2D eigenvalue weighted by atomic mass is 32.2. The second-order valence-corrected chi connectivity index (χ2v) is 11.0. The molecule has 1 aliphatic rings. The maximum atomic E-state index is 12.6. The van der Waals surface area contributed by atoms with Crippen LogP contribution in [0.5, 0.6) is 11.5 Å². The molecule has 3 rings (SSSR count). The molecule has 2 aromatic rings. The Labute approximate surface area is 218 Å². The summed E-state index contributed by atoms with van der Waals surface area (Å²) in [6, 6.07) is 14.4. The summed E-state index contributed by atoms with van der Waals surface area (Å²) < 4.78 is 30.9. The summed E-state index contributed by atoms with van der Waals surface area (Å²) in [5, 5.41) is 11.4. The van der Waals surface area contributed by atoms with Crippen molar-refractivity contribution in [2.45, 2.75) is 45.2 Å². The molecule has 1 fully saturated rings. The zero-order valence-electron chi connectivity index (χ0n) is 21.4. The number of hydrogen-bond donors (Lipinski definition) is 3. The van der Waals surface area contributed by atoms with E-state index in [9.17, 15) is 18.0 Å². The Kier molecular flexibility index (Phi) is 10.2. The number of ether oxygens (including phenoxy) is 1. The lowest BCUT2D eigenvalue weighted by molar-refractivity contribution is -0.135. The van der Waals surface area contributed by atoms with E-state index < -0.39 is 16.0 Å². The van der Waals surface area contributed by atoms with Gasteiger partial charge in [-0.05, 0) is 61.2 Å². The predicted octanol–water partition coefficient (Wildman–Crippen LogP) is 3.71. The number of carboxylic acids is 1. The number of aliphatic carboxylic acids is 1. The smallest absolute Gasteiger partial charge is 0.323 e. The molecule has 0 aromatic heterocycles. The molecule has 37 heavy (non-hydrogen) atoms. The lowest BCUT2D eigenvalue weighted by Gasteiger charge is -2.38. The van der Waals surface area contributed by atoms with Gasteiger partial charge < -0.3 is 20.1 Å². The lowest BCUT2D eigenvalue weighted by Crippen LogP contribution is -2.51. The Morgan fingerprint density at radius 1 is 1.05 bits per heavy atom. The number of carbonyl (C=O) groups is 2. The van der Waals surface area contributed by atoms with E-state index in [0.717, 1.165) is 57.1 Å². The van der Waals surface area contributed by atoms with Crippen LogP contribution in [-0.4, -0.2) is 73.8 Å². The molecule has 0 atom stereocenters. The summed E-state index contributed by atoms with van der Waals surface area (Å²) >= 11 is 0. The van der Waals surface area contributed by atoms with Gasteiger partial charge in [0.2, 0.25) is 10.0 Å². The van der Waals surface area contributed by atoms with Crippen LogP contribution in [0.15, 0.2) is 48.5 Å². The molecule has 10 nitrogen and oxygen atoms in total. The molecule has 2 aromatic carbocycles. The summed E-state index contributed by atoms with van der Waals surface area (Å²) in [5.41, 5.74) is 1.63. The average molecular weight is 533 g/mol. The SMILES string of the molecule is CCCCN(C(=O)NCC(=O)O)C1CCN(Cc2ccc(Oc3ccc(NS(C)(=O)=O)cc3)cc2)CC1. The van der Waals surface area contributed by atoms with Crippen LogP contribution < -0.4 is 14.8 Å². The van der Waals surface area contributed by atoms with Gasteiger partial charge in [0.1, 0.15) is 18.0 Å². The Balaban J connectivity index is 1.49. The number of anilines is 1. The number of hydrogen-bond acceptors (Lipinski definition) is 6. The third-order valence-corrected chi connectivity index (χ3v) is 6.73. The van der Waals surface area contributed by atoms with Gasteiger partial charge in [0, 0.05) is 37.9 Å². The molecule has 0 spiro atoms. The minimum Gasteiger partial charge on any atom is -0.480 e. The highest BCUT2D eigenvalue weighted by Gasteiger charge is 2.27. The maximum absolute atomic E-state index is 12.6. The normalized spacial score (nSPS) is 14.6. The standard InChI is InChI=1S/C26H36N4O6S/c1-3-4-15-30(26(33)27-18-25(31)32)22-13-16-29(17-14-22)19-20-5-9-23(10-6-20)36-24-11-7-21(8-12-24)28-37(2,34)35/h5-12,22,28H,3-4,13-19H2,1-2H3,(H,27,33)(H,31,32). The number of likely N-dealkylation sites (tertiary alicyclic amines) is 1. The fourth-order valence-corrected chi connectivity index (χ4v) is 4.85. The van der Waals surface area contributed by atoms with E-state index in [1.165, 1.54) is 0 Å². The molecule has 11 heteroatoms. The van der Waals surface area contributed by atoms with Crippen LogP contribution in [0.1, 0.15) is 38.2 Å². The summed E-state index contributed by atoms with van der Waals surface area (Å²) in [5.74, 6) is 0.244. The van der Waals surface area contributed by atoms with Crippen molar-refractivity contribution in [3.05, 3.63) is 54.1 Å². The molecular weight excluding hydrogens is 496 g/mol. The molecule has 1 heterocycles. The Bertz CT molecular complexity index is 1130. The van der Waals surface area contributed by atoms with Gasteiger partial charge in [0.05, 0.1) is 6.26 Å². The third kappa shape index (κ3) is 9.58. The van der Waals surface area contributed by atoms with Crippen LogP contribution in [0, 0.1) is 0 Å². The fourth-order valence-electron chi connectivity index (χ4n) is 4.28. The van der Waals surface area contributed by atoms with E-state index in [4.69, 9.17) is 9.84 Å². The summed E-state index contributed by atoms with van der Waals surface area (Å²) in [7, 11) is -3.32. The number of unbranched alkanes of at least 4 members (excludes halogenated alkanes) is 1. The van der Waals surface area contributed by atoms with Crippen LogP contribution in [0.3, 0.4) is 0 Å². The number of nitrogens with one attached hydrogen (secondary N) is 2. The van der Waals surface area contributed by atoms with Gasteiger partial charge >= 0.3 is 12.0 Å². The second kappa shape index (κ2) is 13.3. The van der Waals surface area contributed by atoms with Crippen molar-refractivity contribution in [2.24, 2.45) is 0 Å². The van der Waals surface area contributed by atoms with E-state index in [1.54, 1.807) is 29.2 Å². The molecule has 0 aliphatic carbocycles. The number of benzene rings is 2. The Hall–Kier alpha value is -3.31. The molecular formula is C26H36N4O6S. The number of sulfonamides is 1. The molecule has 0 saturated carbocycles. The number of rotatable bonds is 12. The number of piperidine rings is 1. The topological polar surface area (TPSA) is 128 Å². The monoisotopic (exact) mass is 532 g/mol. The van der Waals surface area contributed by atoms with Gasteiger partial charge in [-0.15, -0.1) is 0 Å². The van der Waals surface area contributed by atoms with Gasteiger partial charge in [-0.25, -0.2) is 13.2 Å². The lowest BCUT2D eigenvalue weighted by atomic mass is 10.0. The third-order valence-electron chi connectivity index (χ3n) is 6.12. The van der Waals surface area contributed by atoms with Crippen LogP contribution in [0.4, 0.5) is 10.5 Å². The zero-order valence-corrected chi connectivity index (χ0v) is 22.2. The summed E-state index contributed by atoms with van der Waals surface area (Å²) in [6.07, 6.45) is 4.64. The van der Waals surface area contributed by atoms with Gasteiger partial charge in [-0.3, -0.25) is 14.4 Å². The number of amides is 2. The molecule has 0 radical (unpaired) electrons. The largest absolute Gasteiger partial charge is 0.480 e. The van der Waals surface area contributed by atoms with Gasteiger partial charge in [0.15, 0.2) is 0 Å². The Morgan fingerprint density at radius 2 is 1.65 bits per heavy atom. The van der Waals surface area contributed by atoms with Crippen LogP contribution in [0.2, 0.25) is 0 Å². The highest BCUT2D eigenvalue weighted by molar-refractivity contribution is 7.92. The fraction of sp³-hybridized carbons (Fsp3) is 0.462. The molecule has 0 unspecified atom stereocenters. The number of urea groups is 1. The molecule has 1 saturated heterocycles. The number of nitrogens with zero attached hydrogens (tertiary/aromatic N) is 2. The van der Waals surface area contributed by atoms with Crippen molar-refractivity contribution in [3.63, 3.8) is 0 Å². The molecule has 3 N–H and O–H groups in total. The van der Waals surface area contributed by atoms with Gasteiger partial charge in [-0.2, -0.15) is 0 Å². The molecule has 0 bridgehead atoms. The van der Waals surface area contributed by atoms with E-state index in [2.05, 4.69) is 21.9 Å². The van der Waals surface area contributed by atoms with Crippen molar-refractivity contribution in [3.8, 4) is 11.5 Å². The predicted molar refractivity (Wildman–Crippen MR) is 142 cm³/mol. The van der Waals surface area contributed by atoms with E-state index in [-0.39, 0.29) is 18.6 Å². The van der Waals surface area contributed by atoms with Crippen molar-refractivity contribution < 1.29 is 27.9 Å². The van der Waals surface area contributed by atoms with Crippen LogP contribution in [0.25, 0.3) is 0 Å². The first kappa shape index (κ1) is 28.3. The van der Waals surface area contributed by atoms with Crippen molar-refractivity contribution >= 4 is 27.7 Å². The zero-order chi connectivity index (χ0) is 26.8. The maximum Gasteiger partial charge on any atom is 0.323 e. The minimum atomic E-state index is -3.32. The van der Waals surface area contributed by atoms with Crippen molar-refractivity contribution in [1.82, 2.24) is 15.1 Å². The van der Waals surface area contributed by atoms with E-state index >= 15 is 0 Å². The van der Waals surface area contributed by atoms with E-state index in [1.807, 2.05) is 24.3 Å². The van der Waals surface area contributed by atoms with Crippen LogP contribution in [-0.2, 0) is 21.4 Å². The van der Waals surface area contributed by atoms with Gasteiger partial charge in [-0.1, -0.05) is 25.5 Å².